The van der Waals surface area contributed by atoms with E-state index in [1.807, 2.05) is 6.07 Å². The topological polar surface area (TPSA) is 71.2 Å². The number of benzene rings is 1. The fraction of sp³-hybridized carbons (Fsp3) is 0.167. The summed E-state index contributed by atoms with van der Waals surface area (Å²) >= 11 is 0. The Morgan fingerprint density at radius 1 is 1.41 bits per heavy atom. The monoisotopic (exact) mass is 232 g/mol. The van der Waals surface area contributed by atoms with E-state index in [9.17, 15) is 9.59 Å². The molecule has 5 heteroatoms. The number of anilines is 1. The van der Waals surface area contributed by atoms with Crippen molar-refractivity contribution >= 4 is 22.4 Å². The summed E-state index contributed by atoms with van der Waals surface area (Å²) in [4.78, 5) is 25.0. The average molecular weight is 232 g/mol. The van der Waals surface area contributed by atoms with Crippen molar-refractivity contribution in [3.05, 3.63) is 40.8 Å². The number of hydrogen-bond donors (Lipinski definition) is 2. The van der Waals surface area contributed by atoms with Crippen LogP contribution in [0.2, 0.25) is 0 Å². The third-order valence-electron chi connectivity index (χ3n) is 2.44. The third-order valence-corrected chi connectivity index (χ3v) is 2.44. The van der Waals surface area contributed by atoms with Gasteiger partial charge in [-0.1, -0.05) is 0 Å². The summed E-state index contributed by atoms with van der Waals surface area (Å²) < 4.78 is 4.52. The van der Waals surface area contributed by atoms with Gasteiger partial charge in [-0.05, 0) is 29.7 Å². The summed E-state index contributed by atoms with van der Waals surface area (Å²) in [7, 11) is 1.34. The Labute approximate surface area is 97.4 Å². The zero-order valence-electron chi connectivity index (χ0n) is 9.32. The quantitative estimate of drug-likeness (QED) is 0.778. The van der Waals surface area contributed by atoms with Gasteiger partial charge in [0.15, 0.2) is 0 Å². The molecule has 0 aliphatic heterocycles. The zero-order valence-corrected chi connectivity index (χ0v) is 9.32. The van der Waals surface area contributed by atoms with Crippen LogP contribution < -0.4 is 10.9 Å². The average Bonchev–Trinajstić information content (AvgIpc) is 2.36. The molecule has 0 unspecified atom stereocenters. The summed E-state index contributed by atoms with van der Waals surface area (Å²) in [5, 5.41) is 4.36. The molecule has 88 valence electrons. The minimum atomic E-state index is -0.337. The van der Waals surface area contributed by atoms with Crippen LogP contribution >= 0.6 is 0 Å². The number of carbonyl (C=O) groups is 1. The van der Waals surface area contributed by atoms with Crippen molar-refractivity contribution in [2.45, 2.75) is 0 Å². The Morgan fingerprint density at radius 2 is 2.24 bits per heavy atom. The molecule has 0 radical (unpaired) electrons. The van der Waals surface area contributed by atoms with E-state index < -0.39 is 0 Å². The van der Waals surface area contributed by atoms with Gasteiger partial charge in [-0.3, -0.25) is 9.59 Å². The fourth-order valence-corrected chi connectivity index (χ4v) is 1.55. The second kappa shape index (κ2) is 4.69. The number of fused-ring (bicyclic) bond motifs is 1. The van der Waals surface area contributed by atoms with Gasteiger partial charge in [-0.25, -0.2) is 0 Å². The van der Waals surface area contributed by atoms with Crippen LogP contribution in [0, 0.1) is 0 Å². The first-order chi connectivity index (χ1) is 8.20. The molecule has 0 aliphatic rings. The van der Waals surface area contributed by atoms with Crippen molar-refractivity contribution in [1.29, 1.82) is 0 Å². The van der Waals surface area contributed by atoms with Crippen LogP contribution in [-0.2, 0) is 9.53 Å². The van der Waals surface area contributed by atoms with Gasteiger partial charge in [-0.15, -0.1) is 0 Å². The molecule has 5 nitrogen and oxygen atoms in total. The van der Waals surface area contributed by atoms with Crippen LogP contribution in [0.25, 0.3) is 10.8 Å². The molecule has 0 bridgehead atoms. The van der Waals surface area contributed by atoms with Crippen molar-refractivity contribution in [3.63, 3.8) is 0 Å². The molecule has 1 heterocycles. The van der Waals surface area contributed by atoms with Crippen molar-refractivity contribution in [2.75, 3.05) is 19.0 Å². The molecular formula is C12H12N2O3. The highest BCUT2D eigenvalue weighted by Crippen LogP contribution is 2.15. The second-order valence-corrected chi connectivity index (χ2v) is 3.54. The Hall–Kier alpha value is -2.30. The predicted molar refractivity (Wildman–Crippen MR) is 65.1 cm³/mol. The van der Waals surface area contributed by atoms with Crippen LogP contribution in [0.3, 0.4) is 0 Å². The summed E-state index contributed by atoms with van der Waals surface area (Å²) in [5.41, 5.74) is 0.649. The van der Waals surface area contributed by atoms with E-state index in [2.05, 4.69) is 15.0 Å². The minimum absolute atomic E-state index is 0.102. The van der Waals surface area contributed by atoms with Crippen LogP contribution in [0.1, 0.15) is 0 Å². The summed E-state index contributed by atoms with van der Waals surface area (Å²) in [6.45, 7) is 0.102. The van der Waals surface area contributed by atoms with Gasteiger partial charge < -0.3 is 15.0 Å². The van der Waals surface area contributed by atoms with Gasteiger partial charge in [0, 0.05) is 17.3 Å². The number of esters is 1. The maximum absolute atomic E-state index is 11.5. The summed E-state index contributed by atoms with van der Waals surface area (Å²) in [6, 6.07) is 7.09. The largest absolute Gasteiger partial charge is 0.468 e. The van der Waals surface area contributed by atoms with Crippen LogP contribution in [0.5, 0.6) is 0 Å². The van der Waals surface area contributed by atoms with E-state index in [4.69, 9.17) is 0 Å². The van der Waals surface area contributed by atoms with Crippen molar-refractivity contribution in [3.8, 4) is 0 Å². The number of pyridine rings is 1. The van der Waals surface area contributed by atoms with Crippen molar-refractivity contribution in [2.24, 2.45) is 0 Å². The van der Waals surface area contributed by atoms with E-state index in [0.29, 0.717) is 5.39 Å². The molecule has 17 heavy (non-hydrogen) atoms. The van der Waals surface area contributed by atoms with E-state index in [1.54, 1.807) is 24.4 Å². The number of aromatic nitrogens is 1. The molecule has 0 saturated carbocycles. The molecule has 0 atom stereocenters. The SMILES string of the molecule is COC(=O)CNc1ccc2c(=O)[nH]ccc2c1. The first-order valence-corrected chi connectivity index (χ1v) is 5.13. The summed E-state index contributed by atoms with van der Waals surface area (Å²) in [5.74, 6) is -0.337. The van der Waals surface area contributed by atoms with E-state index in [-0.39, 0.29) is 18.1 Å². The number of carbonyl (C=O) groups excluding carboxylic acids is 1. The molecule has 1 aromatic carbocycles. The summed E-state index contributed by atoms with van der Waals surface area (Å²) in [6.07, 6.45) is 1.59. The molecule has 0 amide bonds. The van der Waals surface area contributed by atoms with Gasteiger partial charge in [0.25, 0.3) is 5.56 Å². The minimum Gasteiger partial charge on any atom is -0.468 e. The Morgan fingerprint density at radius 3 is 3.00 bits per heavy atom. The van der Waals surface area contributed by atoms with Crippen molar-refractivity contribution in [1.82, 2.24) is 4.98 Å². The first-order valence-electron chi connectivity index (χ1n) is 5.13. The zero-order chi connectivity index (χ0) is 12.3. The number of rotatable bonds is 3. The molecule has 0 fully saturated rings. The molecule has 0 saturated heterocycles. The molecule has 2 aromatic rings. The number of hydrogen-bond acceptors (Lipinski definition) is 4. The highest BCUT2D eigenvalue weighted by Gasteiger charge is 2.02. The van der Waals surface area contributed by atoms with E-state index in [0.717, 1.165) is 11.1 Å². The molecule has 2 N–H and O–H groups in total. The van der Waals surface area contributed by atoms with Gasteiger partial charge in [-0.2, -0.15) is 0 Å². The van der Waals surface area contributed by atoms with Gasteiger partial charge >= 0.3 is 5.97 Å². The van der Waals surface area contributed by atoms with Crippen LogP contribution in [0.4, 0.5) is 5.69 Å². The van der Waals surface area contributed by atoms with Crippen LogP contribution in [0.15, 0.2) is 35.3 Å². The number of ether oxygens (including phenoxy) is 1. The lowest BCUT2D eigenvalue weighted by atomic mass is 10.1. The Balaban J connectivity index is 2.26. The van der Waals surface area contributed by atoms with Gasteiger partial charge in [0.05, 0.1) is 7.11 Å². The standard InChI is InChI=1S/C12H12N2O3/c1-17-11(15)7-14-9-2-3-10-8(6-9)4-5-13-12(10)16/h2-6,14H,7H2,1H3,(H,13,16). The fourth-order valence-electron chi connectivity index (χ4n) is 1.55. The number of methoxy groups -OCH3 is 1. The van der Waals surface area contributed by atoms with Gasteiger partial charge in [0.1, 0.15) is 6.54 Å². The lowest BCUT2D eigenvalue weighted by Gasteiger charge is -2.05. The van der Waals surface area contributed by atoms with E-state index >= 15 is 0 Å². The molecule has 2 rings (SSSR count). The highest BCUT2D eigenvalue weighted by molar-refractivity contribution is 5.85. The normalized spacial score (nSPS) is 10.2. The number of H-pyrrole nitrogens is 1. The maximum Gasteiger partial charge on any atom is 0.325 e. The second-order valence-electron chi connectivity index (χ2n) is 3.54. The molecule has 0 aliphatic carbocycles. The lowest BCUT2D eigenvalue weighted by Crippen LogP contribution is -2.15. The van der Waals surface area contributed by atoms with E-state index in [1.165, 1.54) is 7.11 Å². The smallest absolute Gasteiger partial charge is 0.325 e. The number of aromatic amines is 1. The lowest BCUT2D eigenvalue weighted by molar-refractivity contribution is -0.138. The highest BCUT2D eigenvalue weighted by atomic mass is 16.5. The predicted octanol–water partition coefficient (Wildman–Crippen LogP) is 1.11. The number of nitrogens with one attached hydrogen (secondary N) is 2. The first kappa shape index (κ1) is 11.2. The van der Waals surface area contributed by atoms with Crippen LogP contribution in [-0.4, -0.2) is 24.6 Å². The van der Waals surface area contributed by atoms with Crippen molar-refractivity contribution < 1.29 is 9.53 Å². The maximum atomic E-state index is 11.5. The molecular weight excluding hydrogens is 220 g/mol. The molecule has 1 aromatic heterocycles. The van der Waals surface area contributed by atoms with Gasteiger partial charge in [0.2, 0.25) is 0 Å². The third kappa shape index (κ3) is 2.44. The molecule has 0 spiro atoms. The Bertz CT molecular complexity index is 604. The Kier molecular flexibility index (Phi) is 3.09.